The Morgan fingerprint density at radius 1 is 0.939 bits per heavy atom. The summed E-state index contributed by atoms with van der Waals surface area (Å²) in [6.45, 7) is 5.58. The molecule has 0 aliphatic heterocycles. The van der Waals surface area contributed by atoms with Gasteiger partial charge in [0.2, 0.25) is 15.9 Å². The molecule has 33 heavy (non-hydrogen) atoms. The van der Waals surface area contributed by atoms with Gasteiger partial charge in [-0.25, -0.2) is 8.42 Å². The number of nitrogens with one attached hydrogen (secondary N) is 1. The minimum Gasteiger partial charge on any atom is -0.457 e. The predicted molar refractivity (Wildman–Crippen MR) is 132 cm³/mol. The van der Waals surface area contributed by atoms with Crippen molar-refractivity contribution in [2.45, 2.75) is 39.3 Å². The van der Waals surface area contributed by atoms with Crippen molar-refractivity contribution in [2.24, 2.45) is 0 Å². The van der Waals surface area contributed by atoms with Gasteiger partial charge in [0, 0.05) is 0 Å². The first kappa shape index (κ1) is 24.3. The Hall–Kier alpha value is -3.32. The van der Waals surface area contributed by atoms with Crippen molar-refractivity contribution >= 4 is 21.6 Å². The van der Waals surface area contributed by atoms with E-state index in [1.54, 1.807) is 31.2 Å². The van der Waals surface area contributed by atoms with Gasteiger partial charge in [-0.3, -0.25) is 9.10 Å². The lowest BCUT2D eigenvalue weighted by atomic mass is 10.0. The van der Waals surface area contributed by atoms with Crippen LogP contribution in [0.5, 0.6) is 11.5 Å². The Morgan fingerprint density at radius 2 is 1.52 bits per heavy atom. The number of hydrogen-bond donors (Lipinski definition) is 1. The molecule has 174 valence electrons. The van der Waals surface area contributed by atoms with Crippen LogP contribution in [0, 0.1) is 6.92 Å². The molecule has 0 fully saturated rings. The predicted octanol–water partition coefficient (Wildman–Crippen LogP) is 5.21. The van der Waals surface area contributed by atoms with Crippen molar-refractivity contribution in [1.82, 2.24) is 5.32 Å². The second kappa shape index (κ2) is 10.5. The van der Waals surface area contributed by atoms with Gasteiger partial charge in [-0.05, 0) is 62.2 Å². The lowest BCUT2D eigenvalue weighted by Crippen LogP contribution is -2.48. The highest BCUT2D eigenvalue weighted by Crippen LogP contribution is 2.27. The molecule has 1 N–H and O–H groups in total. The molecule has 6 nitrogen and oxygen atoms in total. The van der Waals surface area contributed by atoms with E-state index in [9.17, 15) is 13.2 Å². The first-order chi connectivity index (χ1) is 15.7. The maximum atomic E-state index is 13.1. The summed E-state index contributed by atoms with van der Waals surface area (Å²) >= 11 is 0. The number of hydrogen-bond acceptors (Lipinski definition) is 4. The molecule has 0 spiro atoms. The number of sulfonamides is 1. The fraction of sp³-hybridized carbons (Fsp3) is 0.269. The number of para-hydroxylation sites is 1. The van der Waals surface area contributed by atoms with Crippen LogP contribution in [-0.4, -0.2) is 26.6 Å². The van der Waals surface area contributed by atoms with Crippen LogP contribution in [0.25, 0.3) is 0 Å². The highest BCUT2D eigenvalue weighted by Gasteiger charge is 2.30. The van der Waals surface area contributed by atoms with Gasteiger partial charge in [-0.2, -0.15) is 0 Å². The minimum absolute atomic E-state index is 0.205. The van der Waals surface area contributed by atoms with E-state index in [2.05, 4.69) is 5.32 Å². The minimum atomic E-state index is -3.72. The van der Waals surface area contributed by atoms with E-state index >= 15 is 0 Å². The highest BCUT2D eigenvalue weighted by molar-refractivity contribution is 7.92. The topological polar surface area (TPSA) is 75.7 Å². The van der Waals surface area contributed by atoms with Crippen molar-refractivity contribution in [3.8, 4) is 11.5 Å². The SMILES string of the molecule is CCC(NC(=O)C(C)N(c1ccc(Oc2ccccc2)cc1)S(C)(=O)=O)c1ccc(C)cc1. The van der Waals surface area contributed by atoms with Gasteiger partial charge in [-0.1, -0.05) is 55.0 Å². The summed E-state index contributed by atoms with van der Waals surface area (Å²) in [6, 6.07) is 22.8. The third-order valence-electron chi connectivity index (χ3n) is 5.36. The normalized spacial score (nSPS) is 13.1. The smallest absolute Gasteiger partial charge is 0.244 e. The van der Waals surface area contributed by atoms with Gasteiger partial charge in [0.05, 0.1) is 18.0 Å². The molecule has 3 aromatic carbocycles. The van der Waals surface area contributed by atoms with E-state index in [0.717, 1.165) is 21.7 Å². The molecular weight excluding hydrogens is 436 g/mol. The van der Waals surface area contributed by atoms with Crippen LogP contribution in [0.15, 0.2) is 78.9 Å². The second-order valence-electron chi connectivity index (χ2n) is 8.02. The van der Waals surface area contributed by atoms with Gasteiger partial charge in [0.1, 0.15) is 17.5 Å². The maximum Gasteiger partial charge on any atom is 0.244 e. The fourth-order valence-electron chi connectivity index (χ4n) is 3.61. The van der Waals surface area contributed by atoms with Crippen LogP contribution in [0.3, 0.4) is 0 Å². The molecule has 3 aromatic rings. The van der Waals surface area contributed by atoms with Crippen molar-refractivity contribution < 1.29 is 17.9 Å². The summed E-state index contributed by atoms with van der Waals surface area (Å²) in [5.41, 5.74) is 2.51. The summed E-state index contributed by atoms with van der Waals surface area (Å²) in [6.07, 6.45) is 1.79. The third-order valence-corrected chi connectivity index (χ3v) is 6.60. The monoisotopic (exact) mass is 466 g/mol. The molecule has 0 saturated heterocycles. The molecule has 0 aliphatic carbocycles. The van der Waals surface area contributed by atoms with E-state index < -0.39 is 16.1 Å². The Labute approximate surface area is 196 Å². The molecule has 2 atom stereocenters. The molecule has 0 aliphatic rings. The number of aryl methyl sites for hydroxylation is 1. The number of amides is 1. The Morgan fingerprint density at radius 3 is 2.06 bits per heavy atom. The van der Waals surface area contributed by atoms with Crippen LogP contribution >= 0.6 is 0 Å². The van der Waals surface area contributed by atoms with E-state index in [4.69, 9.17) is 4.74 Å². The highest BCUT2D eigenvalue weighted by atomic mass is 32.2. The summed E-state index contributed by atoms with van der Waals surface area (Å²) in [7, 11) is -3.72. The van der Waals surface area contributed by atoms with Crippen molar-refractivity contribution in [1.29, 1.82) is 0 Å². The quantitative estimate of drug-likeness (QED) is 0.470. The Bertz CT molecular complexity index is 1160. The zero-order valence-electron chi connectivity index (χ0n) is 19.4. The lowest BCUT2D eigenvalue weighted by molar-refractivity contribution is -0.122. The first-order valence-corrected chi connectivity index (χ1v) is 12.7. The third kappa shape index (κ3) is 6.35. The molecule has 0 heterocycles. The van der Waals surface area contributed by atoms with E-state index in [1.165, 1.54) is 0 Å². The number of benzene rings is 3. The summed E-state index contributed by atoms with van der Waals surface area (Å²) in [5, 5.41) is 3.00. The van der Waals surface area contributed by atoms with Gasteiger partial charge >= 0.3 is 0 Å². The molecule has 0 aromatic heterocycles. The maximum absolute atomic E-state index is 13.1. The standard InChI is InChI=1S/C26H30N2O4S/c1-5-25(21-13-11-19(2)12-14-21)27-26(29)20(3)28(33(4,30)31)22-15-17-24(18-16-22)32-23-9-7-6-8-10-23/h6-18,20,25H,5H2,1-4H3,(H,27,29). The summed E-state index contributed by atoms with van der Waals surface area (Å²) in [4.78, 5) is 13.1. The van der Waals surface area contributed by atoms with E-state index in [-0.39, 0.29) is 11.9 Å². The van der Waals surface area contributed by atoms with Crippen LogP contribution < -0.4 is 14.4 Å². The number of carbonyl (C=O) groups is 1. The number of rotatable bonds is 9. The zero-order valence-corrected chi connectivity index (χ0v) is 20.2. The van der Waals surface area contributed by atoms with Crippen molar-refractivity contribution in [2.75, 3.05) is 10.6 Å². The second-order valence-corrected chi connectivity index (χ2v) is 9.88. The summed E-state index contributed by atoms with van der Waals surface area (Å²) < 4.78 is 32.2. The van der Waals surface area contributed by atoms with Crippen LogP contribution in [0.2, 0.25) is 0 Å². The van der Waals surface area contributed by atoms with Gasteiger partial charge in [0.25, 0.3) is 0 Å². The van der Waals surface area contributed by atoms with Crippen LogP contribution in [-0.2, 0) is 14.8 Å². The molecule has 0 saturated carbocycles. The molecule has 3 rings (SSSR count). The van der Waals surface area contributed by atoms with Crippen LogP contribution in [0.4, 0.5) is 5.69 Å². The van der Waals surface area contributed by atoms with Gasteiger partial charge in [-0.15, -0.1) is 0 Å². The van der Waals surface area contributed by atoms with Gasteiger partial charge in [0.15, 0.2) is 0 Å². The number of ether oxygens (including phenoxy) is 1. The van der Waals surface area contributed by atoms with Crippen LogP contribution in [0.1, 0.15) is 37.4 Å². The average molecular weight is 467 g/mol. The number of carbonyl (C=O) groups excluding carboxylic acids is 1. The largest absolute Gasteiger partial charge is 0.457 e. The van der Waals surface area contributed by atoms with Crippen molar-refractivity contribution in [3.05, 3.63) is 90.0 Å². The first-order valence-electron chi connectivity index (χ1n) is 10.9. The van der Waals surface area contributed by atoms with E-state index in [1.807, 2.05) is 68.4 Å². The Balaban J connectivity index is 1.79. The fourth-order valence-corrected chi connectivity index (χ4v) is 4.78. The van der Waals surface area contributed by atoms with Gasteiger partial charge < -0.3 is 10.1 Å². The summed E-state index contributed by atoms with van der Waals surface area (Å²) in [5.74, 6) is 0.887. The molecule has 2 unspecified atom stereocenters. The molecule has 7 heteroatoms. The number of anilines is 1. The Kier molecular flexibility index (Phi) is 7.76. The van der Waals surface area contributed by atoms with Crippen molar-refractivity contribution in [3.63, 3.8) is 0 Å². The molecule has 0 bridgehead atoms. The number of nitrogens with zero attached hydrogens (tertiary/aromatic N) is 1. The van der Waals surface area contributed by atoms with E-state index in [0.29, 0.717) is 23.6 Å². The zero-order chi connectivity index (χ0) is 24.0. The molecular formula is C26H30N2O4S. The molecule has 1 amide bonds. The lowest BCUT2D eigenvalue weighted by Gasteiger charge is -2.30. The average Bonchev–Trinajstić information content (AvgIpc) is 2.79. The molecule has 0 radical (unpaired) electrons.